The topological polar surface area (TPSA) is 64.6 Å². The molecular formula is C24H33N3O2. The number of nitrogens with zero attached hydrogens (tertiary/aromatic N) is 1. The summed E-state index contributed by atoms with van der Waals surface area (Å²) in [5.41, 5.74) is 4.85. The minimum Gasteiger partial charge on any atom is -0.392 e. The summed E-state index contributed by atoms with van der Waals surface area (Å²) in [7, 11) is 0. The Balaban J connectivity index is 1.52. The summed E-state index contributed by atoms with van der Waals surface area (Å²) in [5, 5.41) is 16.2. The molecule has 1 fully saturated rings. The van der Waals surface area contributed by atoms with E-state index in [1.54, 1.807) is 0 Å². The number of hydrogen-bond donors (Lipinski definition) is 3. The molecule has 2 aromatic carbocycles. The Morgan fingerprint density at radius 3 is 2.45 bits per heavy atom. The van der Waals surface area contributed by atoms with Crippen LogP contribution in [0, 0.1) is 13.8 Å². The van der Waals surface area contributed by atoms with Crippen molar-refractivity contribution in [3.63, 3.8) is 0 Å². The van der Waals surface area contributed by atoms with Crippen molar-refractivity contribution in [1.82, 2.24) is 5.32 Å². The molecule has 3 rings (SSSR count). The number of amides is 1. The van der Waals surface area contributed by atoms with E-state index in [9.17, 15) is 9.90 Å². The van der Waals surface area contributed by atoms with Crippen LogP contribution >= 0.6 is 0 Å². The van der Waals surface area contributed by atoms with Crippen LogP contribution in [0.1, 0.15) is 47.7 Å². The fraction of sp³-hybridized carbons (Fsp3) is 0.458. The van der Waals surface area contributed by atoms with Crippen LogP contribution in [-0.4, -0.2) is 42.8 Å². The quantitative estimate of drug-likeness (QED) is 0.666. The number of aryl methyl sites for hydroxylation is 2. The predicted octanol–water partition coefficient (Wildman–Crippen LogP) is 3.89. The van der Waals surface area contributed by atoms with Gasteiger partial charge in [0.1, 0.15) is 0 Å². The van der Waals surface area contributed by atoms with E-state index in [1.165, 1.54) is 5.69 Å². The van der Waals surface area contributed by atoms with Gasteiger partial charge in [0.15, 0.2) is 0 Å². The normalized spacial score (nSPS) is 15.9. The molecule has 156 valence electrons. The van der Waals surface area contributed by atoms with Crippen molar-refractivity contribution in [3.05, 3.63) is 59.2 Å². The molecule has 0 aliphatic carbocycles. The molecule has 0 spiro atoms. The second kappa shape index (κ2) is 9.90. The van der Waals surface area contributed by atoms with Gasteiger partial charge in [0.25, 0.3) is 5.91 Å². The number of hydrogen-bond acceptors (Lipinski definition) is 4. The van der Waals surface area contributed by atoms with Gasteiger partial charge in [0, 0.05) is 42.6 Å². The van der Waals surface area contributed by atoms with Gasteiger partial charge in [-0.05, 0) is 69.0 Å². The van der Waals surface area contributed by atoms with Crippen LogP contribution in [0.15, 0.2) is 42.5 Å². The van der Waals surface area contributed by atoms with Crippen molar-refractivity contribution in [3.8, 4) is 0 Å². The zero-order valence-electron chi connectivity index (χ0n) is 17.7. The molecule has 1 heterocycles. The number of aliphatic hydroxyl groups is 1. The number of rotatable bonds is 7. The summed E-state index contributed by atoms with van der Waals surface area (Å²) in [6.07, 6.45) is 2.68. The maximum absolute atomic E-state index is 12.6. The van der Waals surface area contributed by atoms with Crippen LogP contribution in [0.4, 0.5) is 11.4 Å². The molecule has 1 aliphatic rings. The molecule has 0 radical (unpaired) electrons. The van der Waals surface area contributed by atoms with E-state index >= 15 is 0 Å². The first-order chi connectivity index (χ1) is 14.0. The molecular weight excluding hydrogens is 362 g/mol. The van der Waals surface area contributed by atoms with E-state index < -0.39 is 0 Å². The van der Waals surface area contributed by atoms with Gasteiger partial charge in [-0.1, -0.05) is 24.6 Å². The van der Waals surface area contributed by atoms with E-state index in [4.69, 9.17) is 0 Å². The predicted molar refractivity (Wildman–Crippen MR) is 120 cm³/mol. The van der Waals surface area contributed by atoms with Crippen LogP contribution in [0.2, 0.25) is 0 Å². The molecule has 1 amide bonds. The summed E-state index contributed by atoms with van der Waals surface area (Å²) in [5.74, 6) is -0.0728. The van der Waals surface area contributed by atoms with Crippen molar-refractivity contribution in [1.29, 1.82) is 0 Å². The van der Waals surface area contributed by atoms with Gasteiger partial charge < -0.3 is 20.6 Å². The lowest BCUT2D eigenvalue weighted by atomic mass is 10.0. The molecule has 1 saturated heterocycles. The SMILES string of the molecule is CC[C@@H](O)CNC1CCN(c2ccc(NC(=O)c3ccc(C)cc3C)cc2)CC1. The van der Waals surface area contributed by atoms with E-state index in [0.29, 0.717) is 18.2 Å². The summed E-state index contributed by atoms with van der Waals surface area (Å²) in [4.78, 5) is 14.9. The number of carbonyl (C=O) groups is 1. The van der Waals surface area contributed by atoms with E-state index in [1.807, 2.05) is 51.1 Å². The number of aliphatic hydroxyl groups excluding tert-OH is 1. The third-order valence-electron chi connectivity index (χ3n) is 5.73. The van der Waals surface area contributed by atoms with Crippen molar-refractivity contribution >= 4 is 17.3 Å². The lowest BCUT2D eigenvalue weighted by Crippen LogP contribution is -2.44. The van der Waals surface area contributed by atoms with Crippen molar-refractivity contribution in [2.24, 2.45) is 0 Å². The lowest BCUT2D eigenvalue weighted by Gasteiger charge is -2.34. The highest BCUT2D eigenvalue weighted by atomic mass is 16.3. The highest BCUT2D eigenvalue weighted by Gasteiger charge is 2.19. The maximum Gasteiger partial charge on any atom is 0.255 e. The number of carbonyl (C=O) groups excluding carboxylic acids is 1. The molecule has 0 bridgehead atoms. The van der Waals surface area contributed by atoms with Gasteiger partial charge in [-0.15, -0.1) is 0 Å². The summed E-state index contributed by atoms with van der Waals surface area (Å²) in [6, 6.07) is 14.4. The first-order valence-electron chi connectivity index (χ1n) is 10.6. The molecule has 0 unspecified atom stereocenters. The third kappa shape index (κ3) is 5.81. The van der Waals surface area contributed by atoms with Crippen molar-refractivity contribution in [2.45, 2.75) is 52.2 Å². The average Bonchev–Trinajstić information content (AvgIpc) is 2.73. The van der Waals surface area contributed by atoms with Crippen LogP contribution in [0.3, 0.4) is 0 Å². The Bertz CT molecular complexity index is 811. The Morgan fingerprint density at radius 1 is 1.14 bits per heavy atom. The van der Waals surface area contributed by atoms with Gasteiger partial charge in [-0.25, -0.2) is 0 Å². The Kier molecular flexibility index (Phi) is 7.29. The highest BCUT2D eigenvalue weighted by molar-refractivity contribution is 6.05. The monoisotopic (exact) mass is 395 g/mol. The van der Waals surface area contributed by atoms with Gasteiger partial charge in [-0.2, -0.15) is 0 Å². The smallest absolute Gasteiger partial charge is 0.255 e. The number of benzene rings is 2. The zero-order chi connectivity index (χ0) is 20.8. The highest BCUT2D eigenvalue weighted by Crippen LogP contribution is 2.23. The summed E-state index contributed by atoms with van der Waals surface area (Å²) in [6.45, 7) is 8.66. The molecule has 0 saturated carbocycles. The van der Waals surface area contributed by atoms with E-state index in [-0.39, 0.29) is 12.0 Å². The van der Waals surface area contributed by atoms with Gasteiger partial charge in [0.05, 0.1) is 6.10 Å². The molecule has 5 heteroatoms. The standard InChI is InChI=1S/C24H33N3O2/c1-4-22(28)16-25-19-11-13-27(14-12-19)21-8-6-20(7-9-21)26-24(29)23-10-5-17(2)15-18(23)3/h5-10,15,19,22,25,28H,4,11-14,16H2,1-3H3,(H,26,29)/t22-/m1/s1. The van der Waals surface area contributed by atoms with Crippen LogP contribution in [0.25, 0.3) is 0 Å². The van der Waals surface area contributed by atoms with Gasteiger partial charge in [0.2, 0.25) is 0 Å². The van der Waals surface area contributed by atoms with Crippen molar-refractivity contribution in [2.75, 3.05) is 29.9 Å². The Labute approximate surface area is 174 Å². The fourth-order valence-corrected chi connectivity index (χ4v) is 3.81. The Morgan fingerprint density at radius 2 is 1.83 bits per heavy atom. The number of anilines is 2. The second-order valence-corrected chi connectivity index (χ2v) is 8.05. The second-order valence-electron chi connectivity index (χ2n) is 8.05. The minimum absolute atomic E-state index is 0.0728. The molecule has 2 aromatic rings. The first-order valence-corrected chi connectivity index (χ1v) is 10.6. The summed E-state index contributed by atoms with van der Waals surface area (Å²) >= 11 is 0. The molecule has 3 N–H and O–H groups in total. The maximum atomic E-state index is 12.6. The molecule has 0 aromatic heterocycles. The zero-order valence-corrected chi connectivity index (χ0v) is 17.7. The number of piperidine rings is 1. The van der Waals surface area contributed by atoms with Gasteiger partial charge in [-0.3, -0.25) is 4.79 Å². The third-order valence-corrected chi connectivity index (χ3v) is 5.73. The number of nitrogens with one attached hydrogen (secondary N) is 2. The molecule has 29 heavy (non-hydrogen) atoms. The van der Waals surface area contributed by atoms with Crippen LogP contribution in [-0.2, 0) is 0 Å². The van der Waals surface area contributed by atoms with E-state index in [0.717, 1.165) is 49.2 Å². The largest absolute Gasteiger partial charge is 0.392 e. The van der Waals surface area contributed by atoms with Gasteiger partial charge >= 0.3 is 0 Å². The van der Waals surface area contributed by atoms with Crippen molar-refractivity contribution < 1.29 is 9.90 Å². The molecule has 1 aliphatic heterocycles. The fourth-order valence-electron chi connectivity index (χ4n) is 3.81. The van der Waals surface area contributed by atoms with E-state index in [2.05, 4.69) is 27.7 Å². The summed E-state index contributed by atoms with van der Waals surface area (Å²) < 4.78 is 0. The molecule has 1 atom stereocenters. The van der Waals surface area contributed by atoms with Crippen LogP contribution in [0.5, 0.6) is 0 Å². The molecule has 5 nitrogen and oxygen atoms in total. The first kappa shape index (κ1) is 21.3. The average molecular weight is 396 g/mol. The van der Waals surface area contributed by atoms with Crippen LogP contribution < -0.4 is 15.5 Å². The minimum atomic E-state index is -0.250. The lowest BCUT2D eigenvalue weighted by molar-refractivity contribution is 0.102. The Hall–Kier alpha value is -2.37.